The Morgan fingerprint density at radius 2 is 2.00 bits per heavy atom. The maximum atomic E-state index is 11.9. The summed E-state index contributed by atoms with van der Waals surface area (Å²) in [7, 11) is 0. The highest BCUT2D eigenvalue weighted by Crippen LogP contribution is 2.20. The number of hydrogen-bond donors (Lipinski definition) is 2. The topological polar surface area (TPSA) is 136 Å². The van der Waals surface area contributed by atoms with Crippen molar-refractivity contribution < 1.29 is 32.1 Å². The van der Waals surface area contributed by atoms with E-state index in [9.17, 15) is 37.7 Å². The summed E-state index contributed by atoms with van der Waals surface area (Å²) < 4.78 is 41.3. The molecule has 3 amide bonds. The minimum absolute atomic E-state index is 0.0371. The number of aromatic nitrogens is 1. The maximum absolute atomic E-state index is 11.9. The number of oxazole rings is 1. The Labute approximate surface area is 135 Å². The minimum Gasteiger partial charge on any atom is -0.408 e. The Bertz CT molecular complexity index is 900. The molecule has 134 valence electrons. The Kier molecular flexibility index (Phi) is 4.76. The number of rotatable bonds is 4. The van der Waals surface area contributed by atoms with Crippen LogP contribution in [0.4, 0.5) is 23.7 Å². The smallest absolute Gasteiger partial charge is 0.408 e. The predicted molar refractivity (Wildman–Crippen MR) is 74.7 cm³/mol. The van der Waals surface area contributed by atoms with Gasteiger partial charge in [0.1, 0.15) is 13.1 Å². The summed E-state index contributed by atoms with van der Waals surface area (Å²) in [5, 5.41) is 13.8. The molecule has 1 aromatic carbocycles. The molecule has 10 nitrogen and oxygen atoms in total. The third-order valence-electron chi connectivity index (χ3n) is 2.87. The molecule has 25 heavy (non-hydrogen) atoms. The number of imide groups is 1. The van der Waals surface area contributed by atoms with Gasteiger partial charge in [0.15, 0.2) is 5.58 Å². The molecule has 13 heteroatoms. The van der Waals surface area contributed by atoms with E-state index in [1.807, 2.05) is 0 Å². The molecular weight excluding hydrogens is 353 g/mol. The van der Waals surface area contributed by atoms with Crippen LogP contribution in [0.25, 0.3) is 11.1 Å². The molecule has 0 unspecified atom stereocenters. The van der Waals surface area contributed by atoms with Crippen molar-refractivity contribution in [2.45, 2.75) is 12.7 Å². The summed E-state index contributed by atoms with van der Waals surface area (Å²) in [5.41, 5.74) is -0.486. The van der Waals surface area contributed by atoms with Crippen molar-refractivity contribution in [2.75, 3.05) is 6.54 Å². The Hall–Kier alpha value is -3.38. The van der Waals surface area contributed by atoms with Gasteiger partial charge in [0.2, 0.25) is 5.91 Å². The molecule has 0 aliphatic carbocycles. The van der Waals surface area contributed by atoms with E-state index in [2.05, 4.69) is 0 Å². The van der Waals surface area contributed by atoms with Gasteiger partial charge in [-0.3, -0.25) is 24.8 Å². The Morgan fingerprint density at radius 3 is 2.60 bits per heavy atom. The number of carbonyl (C=O) groups is 2. The predicted octanol–water partition coefficient (Wildman–Crippen LogP) is 0.891. The van der Waals surface area contributed by atoms with Crippen LogP contribution in [0.1, 0.15) is 0 Å². The van der Waals surface area contributed by atoms with Crippen LogP contribution < -0.4 is 16.4 Å². The van der Waals surface area contributed by atoms with Crippen LogP contribution in [0.15, 0.2) is 27.4 Å². The van der Waals surface area contributed by atoms with Gasteiger partial charge in [-0.15, -0.1) is 0 Å². The number of non-ortho nitro benzene ring substituents is 1. The van der Waals surface area contributed by atoms with Gasteiger partial charge in [-0.1, -0.05) is 0 Å². The lowest BCUT2D eigenvalue weighted by Gasteiger charge is -2.09. The molecule has 0 aliphatic rings. The SMILES string of the molecule is O=C(Cn1c(=O)oc2ccc([N+](=O)[O-])cc21)NC(=O)NCC(F)(F)F. The van der Waals surface area contributed by atoms with Crippen LogP contribution in [0.5, 0.6) is 0 Å². The van der Waals surface area contributed by atoms with E-state index >= 15 is 0 Å². The van der Waals surface area contributed by atoms with Gasteiger partial charge in [0, 0.05) is 12.1 Å². The Balaban J connectivity index is 2.14. The molecule has 2 aromatic rings. The first-order valence-corrected chi connectivity index (χ1v) is 6.49. The second-order valence-corrected chi connectivity index (χ2v) is 4.71. The molecule has 1 aromatic heterocycles. The molecule has 0 radical (unpaired) electrons. The number of alkyl halides is 3. The molecule has 0 saturated heterocycles. The van der Waals surface area contributed by atoms with Crippen LogP contribution in [-0.4, -0.2) is 34.1 Å². The summed E-state index contributed by atoms with van der Waals surface area (Å²) in [6.45, 7) is -2.43. The second kappa shape index (κ2) is 6.62. The van der Waals surface area contributed by atoms with Crippen LogP contribution in [-0.2, 0) is 11.3 Å². The normalized spacial score (nSPS) is 11.3. The van der Waals surface area contributed by atoms with Gasteiger partial charge in [0.25, 0.3) is 5.69 Å². The molecule has 0 aliphatic heterocycles. The van der Waals surface area contributed by atoms with Crippen molar-refractivity contribution in [1.82, 2.24) is 15.2 Å². The van der Waals surface area contributed by atoms with Gasteiger partial charge in [-0.05, 0) is 6.07 Å². The fourth-order valence-corrected chi connectivity index (χ4v) is 1.85. The van der Waals surface area contributed by atoms with Crippen LogP contribution in [0.3, 0.4) is 0 Å². The number of benzene rings is 1. The first kappa shape index (κ1) is 18.0. The molecule has 2 N–H and O–H groups in total. The van der Waals surface area contributed by atoms with Crippen LogP contribution in [0.2, 0.25) is 0 Å². The highest BCUT2D eigenvalue weighted by atomic mass is 19.4. The average molecular weight is 362 g/mol. The molecule has 0 fully saturated rings. The number of hydrogen-bond acceptors (Lipinski definition) is 6. The molecule has 0 atom stereocenters. The Morgan fingerprint density at radius 1 is 1.32 bits per heavy atom. The van der Waals surface area contributed by atoms with Gasteiger partial charge < -0.3 is 9.73 Å². The van der Waals surface area contributed by atoms with Gasteiger partial charge in [0.05, 0.1) is 10.4 Å². The van der Waals surface area contributed by atoms with Gasteiger partial charge in [-0.25, -0.2) is 9.59 Å². The quantitative estimate of drug-likeness (QED) is 0.612. The zero-order valence-corrected chi connectivity index (χ0v) is 12.1. The third kappa shape index (κ3) is 4.55. The zero-order chi connectivity index (χ0) is 18.8. The van der Waals surface area contributed by atoms with Crippen LogP contribution in [0, 0.1) is 10.1 Å². The van der Waals surface area contributed by atoms with E-state index in [1.54, 1.807) is 5.32 Å². The number of fused-ring (bicyclic) bond motifs is 1. The highest BCUT2D eigenvalue weighted by molar-refractivity contribution is 5.94. The number of nitrogens with zero attached hydrogens (tertiary/aromatic N) is 2. The summed E-state index contributed by atoms with van der Waals surface area (Å²) in [6.07, 6.45) is -4.66. The van der Waals surface area contributed by atoms with E-state index < -0.39 is 41.9 Å². The number of nitrogens with one attached hydrogen (secondary N) is 2. The highest BCUT2D eigenvalue weighted by Gasteiger charge is 2.28. The molecule has 1 heterocycles. The lowest BCUT2D eigenvalue weighted by molar-refractivity contribution is -0.384. The maximum Gasteiger partial charge on any atom is 0.420 e. The van der Waals surface area contributed by atoms with Crippen molar-refractivity contribution >= 4 is 28.7 Å². The zero-order valence-electron chi connectivity index (χ0n) is 12.1. The number of amides is 3. The van der Waals surface area contributed by atoms with E-state index in [-0.39, 0.29) is 16.8 Å². The number of carbonyl (C=O) groups excluding carboxylic acids is 2. The van der Waals surface area contributed by atoms with E-state index in [0.29, 0.717) is 4.57 Å². The number of urea groups is 1. The van der Waals surface area contributed by atoms with Gasteiger partial charge in [-0.2, -0.15) is 13.2 Å². The fourth-order valence-electron chi connectivity index (χ4n) is 1.85. The monoisotopic (exact) mass is 362 g/mol. The van der Waals surface area contributed by atoms with Crippen molar-refractivity contribution in [2.24, 2.45) is 0 Å². The van der Waals surface area contributed by atoms with Crippen molar-refractivity contribution in [3.63, 3.8) is 0 Å². The van der Waals surface area contributed by atoms with E-state index in [0.717, 1.165) is 18.2 Å². The summed E-state index contributed by atoms with van der Waals surface area (Å²) in [4.78, 5) is 44.6. The summed E-state index contributed by atoms with van der Waals surface area (Å²) in [6, 6.07) is 1.81. The fraction of sp³-hybridized carbons (Fsp3) is 0.250. The van der Waals surface area contributed by atoms with Crippen molar-refractivity contribution in [3.05, 3.63) is 38.9 Å². The number of nitro benzene ring substituents is 1. The summed E-state index contributed by atoms with van der Waals surface area (Å²) in [5.74, 6) is -2.14. The summed E-state index contributed by atoms with van der Waals surface area (Å²) >= 11 is 0. The lowest BCUT2D eigenvalue weighted by Crippen LogP contribution is -2.44. The molecule has 0 bridgehead atoms. The minimum atomic E-state index is -4.66. The van der Waals surface area contributed by atoms with E-state index in [4.69, 9.17) is 4.42 Å². The van der Waals surface area contributed by atoms with E-state index in [1.165, 1.54) is 5.32 Å². The molecular formula is C12H9F3N4O6. The third-order valence-corrected chi connectivity index (χ3v) is 2.87. The largest absolute Gasteiger partial charge is 0.420 e. The first-order chi connectivity index (χ1) is 11.6. The van der Waals surface area contributed by atoms with Crippen molar-refractivity contribution in [3.8, 4) is 0 Å². The van der Waals surface area contributed by atoms with Crippen molar-refractivity contribution in [1.29, 1.82) is 0 Å². The lowest BCUT2D eigenvalue weighted by atomic mass is 10.3. The number of nitro groups is 1. The first-order valence-electron chi connectivity index (χ1n) is 6.49. The second-order valence-electron chi connectivity index (χ2n) is 4.71. The average Bonchev–Trinajstić information content (AvgIpc) is 2.79. The molecule has 2 rings (SSSR count). The number of halogens is 3. The van der Waals surface area contributed by atoms with Gasteiger partial charge >= 0.3 is 18.0 Å². The standard InChI is InChI=1S/C12H9F3N4O6/c13-12(14,15)5-16-10(21)17-9(20)4-18-7-3-6(19(23)24)1-2-8(7)25-11(18)22/h1-3H,4-5H2,(H2,16,17,20,21). The van der Waals surface area contributed by atoms with Crippen LogP contribution >= 0.6 is 0 Å². The molecule has 0 saturated carbocycles. The molecule has 0 spiro atoms.